The van der Waals surface area contributed by atoms with E-state index < -0.39 is 77.3 Å². The Morgan fingerprint density at radius 3 is 2.38 bits per heavy atom. The van der Waals surface area contributed by atoms with Crippen LogP contribution in [0.2, 0.25) is 0 Å². The number of rotatable bonds is 8. The number of nitrogens with zero attached hydrogens (tertiary/aromatic N) is 1. The van der Waals surface area contributed by atoms with Crippen LogP contribution in [0.3, 0.4) is 0 Å². The maximum atomic E-state index is 14.8. The van der Waals surface area contributed by atoms with E-state index >= 15 is 0 Å². The first-order chi connectivity index (χ1) is 16.9. The summed E-state index contributed by atoms with van der Waals surface area (Å²) < 4.78 is 35.0. The van der Waals surface area contributed by atoms with Gasteiger partial charge in [-0.2, -0.15) is 0 Å². The summed E-state index contributed by atoms with van der Waals surface area (Å²) >= 11 is 0. The Balaban J connectivity index is 1.80. The molecule has 4 amide bonds. The quantitative estimate of drug-likeness (QED) is 0.376. The number of piperidine rings is 1. The Bertz CT molecular complexity index is 916. The third-order valence-electron chi connectivity index (χ3n) is 7.42. The molecule has 0 aromatic rings. The van der Waals surface area contributed by atoms with Crippen molar-refractivity contribution in [3.63, 3.8) is 0 Å². The van der Waals surface area contributed by atoms with Crippen LogP contribution in [0.1, 0.15) is 67.2 Å². The molecule has 37 heavy (non-hydrogen) atoms. The van der Waals surface area contributed by atoms with E-state index in [2.05, 4.69) is 16.0 Å². The molecule has 2 heterocycles. The predicted octanol–water partition coefficient (Wildman–Crippen LogP) is 1.52. The number of nitrogens with two attached hydrogens (primary N) is 1. The Morgan fingerprint density at radius 1 is 1.22 bits per heavy atom. The maximum Gasteiger partial charge on any atom is 0.408 e. The van der Waals surface area contributed by atoms with Crippen molar-refractivity contribution in [3.05, 3.63) is 0 Å². The van der Waals surface area contributed by atoms with Gasteiger partial charge in [0, 0.05) is 37.4 Å². The van der Waals surface area contributed by atoms with Gasteiger partial charge >= 0.3 is 6.09 Å². The van der Waals surface area contributed by atoms with Gasteiger partial charge in [-0.3, -0.25) is 14.4 Å². The molecule has 1 unspecified atom stereocenters. The molecule has 0 aromatic carbocycles. The highest BCUT2D eigenvalue weighted by Crippen LogP contribution is 2.52. The van der Waals surface area contributed by atoms with Crippen molar-refractivity contribution < 1.29 is 32.7 Å². The van der Waals surface area contributed by atoms with Gasteiger partial charge in [0.15, 0.2) is 0 Å². The summed E-state index contributed by atoms with van der Waals surface area (Å²) in [4.78, 5) is 51.9. The number of likely N-dealkylation sites (tertiary alicyclic amines) is 1. The van der Waals surface area contributed by atoms with E-state index in [0.29, 0.717) is 13.0 Å². The van der Waals surface area contributed by atoms with E-state index in [1.807, 2.05) is 0 Å². The van der Waals surface area contributed by atoms with E-state index in [0.717, 1.165) is 0 Å². The zero-order chi connectivity index (χ0) is 27.9. The van der Waals surface area contributed by atoms with Crippen LogP contribution in [0.25, 0.3) is 0 Å². The average Bonchev–Trinajstić information content (AvgIpc) is 3.38. The SMILES string of the molecule is CC(C)(C)OC(=O)N[C@H](C(=O)N1C(CN[C@@H](C[C@@H]2CCNC2=O)C(N)=O)[C@@H]2C[C@H]1CC2(F)F)C(C)(C)C. The molecule has 3 fully saturated rings. The molecule has 1 saturated carbocycles. The molecular formula is C25H41F2N5O5. The Kier molecular flexibility index (Phi) is 8.12. The lowest BCUT2D eigenvalue weighted by Crippen LogP contribution is -2.62. The minimum absolute atomic E-state index is 0.0895. The molecule has 6 atom stereocenters. The van der Waals surface area contributed by atoms with Crippen LogP contribution in [-0.4, -0.2) is 77.5 Å². The number of halogens is 2. The van der Waals surface area contributed by atoms with Gasteiger partial charge in [-0.25, -0.2) is 13.6 Å². The van der Waals surface area contributed by atoms with Gasteiger partial charge in [0.05, 0.1) is 12.1 Å². The fourth-order valence-electron chi connectivity index (χ4n) is 5.65. The molecule has 10 nitrogen and oxygen atoms in total. The number of carbonyl (C=O) groups excluding carboxylic acids is 4. The molecule has 210 valence electrons. The summed E-state index contributed by atoms with van der Waals surface area (Å²) in [5, 5.41) is 8.33. The smallest absolute Gasteiger partial charge is 0.408 e. The third kappa shape index (κ3) is 6.69. The van der Waals surface area contributed by atoms with Crippen LogP contribution in [0.15, 0.2) is 0 Å². The van der Waals surface area contributed by atoms with Gasteiger partial charge in [0.2, 0.25) is 17.7 Å². The molecule has 2 saturated heterocycles. The van der Waals surface area contributed by atoms with Gasteiger partial charge in [-0.15, -0.1) is 0 Å². The minimum Gasteiger partial charge on any atom is -0.444 e. The molecule has 2 aliphatic heterocycles. The molecule has 5 N–H and O–H groups in total. The summed E-state index contributed by atoms with van der Waals surface area (Å²) in [6.45, 7) is 10.9. The molecule has 3 rings (SSSR count). The summed E-state index contributed by atoms with van der Waals surface area (Å²) in [6, 6.07) is -3.54. The number of ether oxygens (including phenoxy) is 1. The van der Waals surface area contributed by atoms with Crippen molar-refractivity contribution in [3.8, 4) is 0 Å². The predicted molar refractivity (Wildman–Crippen MR) is 131 cm³/mol. The lowest BCUT2D eigenvalue weighted by molar-refractivity contribution is -0.149. The first-order valence-electron chi connectivity index (χ1n) is 12.9. The highest BCUT2D eigenvalue weighted by molar-refractivity contribution is 5.87. The average molecular weight is 530 g/mol. The minimum atomic E-state index is -2.96. The fraction of sp³-hybridized carbons (Fsp3) is 0.840. The normalized spacial score (nSPS) is 28.5. The highest BCUT2D eigenvalue weighted by Gasteiger charge is 2.63. The third-order valence-corrected chi connectivity index (χ3v) is 7.42. The Labute approximate surface area is 216 Å². The van der Waals surface area contributed by atoms with Crippen LogP contribution in [-0.2, 0) is 19.1 Å². The van der Waals surface area contributed by atoms with E-state index in [9.17, 15) is 28.0 Å². The second kappa shape index (κ2) is 10.3. The monoisotopic (exact) mass is 529 g/mol. The number of alkyl carbamates (subject to hydrolysis) is 1. The highest BCUT2D eigenvalue weighted by atomic mass is 19.3. The first-order valence-corrected chi connectivity index (χ1v) is 12.9. The summed E-state index contributed by atoms with van der Waals surface area (Å²) in [5.74, 6) is -5.79. The summed E-state index contributed by atoms with van der Waals surface area (Å²) in [6.07, 6.45) is -0.388. The van der Waals surface area contributed by atoms with Gasteiger partial charge in [-0.1, -0.05) is 20.8 Å². The standard InChI is InChI=1S/C25H41F2N5O5/c1-23(2,3)18(31-22(36)37-24(4,5)6)21(35)32-14-10-15(25(26,27)11-14)17(32)12-30-16(19(28)33)9-13-7-8-29-20(13)34/h13-18,30H,7-12H2,1-6H3,(H2,28,33)(H,29,34)(H,31,36)/t13-,14-,15-,16-,17?,18+/m0/s1. The number of hydrogen-bond donors (Lipinski definition) is 4. The Morgan fingerprint density at radius 2 is 1.86 bits per heavy atom. The molecule has 3 aliphatic rings. The molecule has 0 aromatic heterocycles. The number of carbonyl (C=O) groups is 4. The number of hydrogen-bond acceptors (Lipinski definition) is 6. The van der Waals surface area contributed by atoms with Gasteiger partial charge < -0.3 is 31.3 Å². The number of alkyl halides is 2. The summed E-state index contributed by atoms with van der Waals surface area (Å²) in [7, 11) is 0. The topological polar surface area (TPSA) is 143 Å². The van der Waals surface area contributed by atoms with Crippen molar-refractivity contribution >= 4 is 23.8 Å². The number of fused-ring (bicyclic) bond motifs is 2. The van der Waals surface area contributed by atoms with E-state index in [1.54, 1.807) is 41.5 Å². The van der Waals surface area contributed by atoms with Crippen LogP contribution < -0.4 is 21.7 Å². The zero-order valence-corrected chi connectivity index (χ0v) is 22.5. The first kappa shape index (κ1) is 29.1. The zero-order valence-electron chi connectivity index (χ0n) is 22.5. The second-order valence-electron chi connectivity index (χ2n) is 12.6. The van der Waals surface area contributed by atoms with Gasteiger partial charge in [0.25, 0.3) is 5.92 Å². The van der Waals surface area contributed by atoms with Gasteiger partial charge in [-0.05, 0) is 45.4 Å². The van der Waals surface area contributed by atoms with Crippen molar-refractivity contribution in [2.24, 2.45) is 23.0 Å². The molecule has 12 heteroatoms. The van der Waals surface area contributed by atoms with Crippen molar-refractivity contribution in [2.45, 2.75) is 103 Å². The molecule has 1 aliphatic carbocycles. The maximum absolute atomic E-state index is 14.8. The van der Waals surface area contributed by atoms with Crippen molar-refractivity contribution in [1.82, 2.24) is 20.9 Å². The lowest BCUT2D eigenvalue weighted by Gasteiger charge is -2.43. The van der Waals surface area contributed by atoms with Crippen molar-refractivity contribution in [2.75, 3.05) is 13.1 Å². The van der Waals surface area contributed by atoms with E-state index in [4.69, 9.17) is 10.5 Å². The molecule has 0 spiro atoms. The fourth-order valence-corrected chi connectivity index (χ4v) is 5.65. The van der Waals surface area contributed by atoms with Crippen LogP contribution in [0, 0.1) is 17.3 Å². The molecular weight excluding hydrogens is 488 g/mol. The molecule has 0 radical (unpaired) electrons. The summed E-state index contributed by atoms with van der Waals surface area (Å²) in [5.41, 5.74) is 4.04. The van der Waals surface area contributed by atoms with E-state index in [-0.39, 0.29) is 25.3 Å². The Hall–Kier alpha value is -2.50. The lowest BCUT2D eigenvalue weighted by atomic mass is 9.84. The van der Waals surface area contributed by atoms with Crippen LogP contribution in [0.4, 0.5) is 13.6 Å². The van der Waals surface area contributed by atoms with Crippen molar-refractivity contribution in [1.29, 1.82) is 0 Å². The van der Waals surface area contributed by atoms with Crippen LogP contribution in [0.5, 0.6) is 0 Å². The van der Waals surface area contributed by atoms with E-state index in [1.165, 1.54) is 4.90 Å². The van der Waals surface area contributed by atoms with Gasteiger partial charge in [0.1, 0.15) is 11.6 Å². The second-order valence-corrected chi connectivity index (χ2v) is 12.6. The number of primary amides is 1. The number of nitrogens with one attached hydrogen (secondary N) is 3. The number of amides is 4. The largest absolute Gasteiger partial charge is 0.444 e. The van der Waals surface area contributed by atoms with Crippen LogP contribution >= 0.6 is 0 Å². The molecule has 2 bridgehead atoms.